The number of hydrogen-bond donors (Lipinski definition) is 0. The summed E-state index contributed by atoms with van der Waals surface area (Å²) in [5.74, 6) is 5.73. The minimum absolute atomic E-state index is 0.0620. The van der Waals surface area contributed by atoms with E-state index < -0.39 is 0 Å². The van der Waals surface area contributed by atoms with Gasteiger partial charge < -0.3 is 4.74 Å². The molecule has 13 heavy (non-hydrogen) atoms. The van der Waals surface area contributed by atoms with Gasteiger partial charge in [0.1, 0.15) is 5.15 Å². The minimum Gasteiger partial charge on any atom is -0.464 e. The van der Waals surface area contributed by atoms with E-state index in [0.717, 1.165) is 0 Å². The van der Waals surface area contributed by atoms with E-state index in [-0.39, 0.29) is 17.0 Å². The first kappa shape index (κ1) is 10.1. The maximum absolute atomic E-state index is 5.61. The van der Waals surface area contributed by atoms with Crippen LogP contribution >= 0.6 is 23.2 Å². The molecule has 1 heterocycles. The van der Waals surface area contributed by atoms with Crippen LogP contribution in [0.15, 0.2) is 6.07 Å². The molecule has 0 saturated carbocycles. The second-order valence-corrected chi connectivity index (χ2v) is 2.74. The molecule has 1 aromatic rings. The van der Waals surface area contributed by atoms with Gasteiger partial charge in [-0.2, -0.15) is 4.98 Å². The van der Waals surface area contributed by atoms with Crippen LogP contribution in [0.1, 0.15) is 6.92 Å². The normalized spacial score (nSPS) is 8.85. The van der Waals surface area contributed by atoms with Gasteiger partial charge in [-0.25, -0.2) is 4.98 Å². The van der Waals surface area contributed by atoms with Crippen LogP contribution in [0, 0.1) is 11.8 Å². The summed E-state index contributed by atoms with van der Waals surface area (Å²) in [6.45, 7) is 1.99. The minimum atomic E-state index is 0.0620. The molecular formula is C8H6Cl2N2O. The van der Waals surface area contributed by atoms with E-state index >= 15 is 0 Å². The lowest BCUT2D eigenvalue weighted by atomic mass is 10.6. The average molecular weight is 217 g/mol. The van der Waals surface area contributed by atoms with Gasteiger partial charge in [0.15, 0.2) is 6.61 Å². The molecule has 0 bridgehead atoms. The van der Waals surface area contributed by atoms with E-state index in [0.29, 0.717) is 5.88 Å². The van der Waals surface area contributed by atoms with Crippen LogP contribution in [0.2, 0.25) is 10.4 Å². The number of halogens is 2. The number of ether oxygens (including phenoxy) is 1. The first-order valence-electron chi connectivity index (χ1n) is 3.45. The van der Waals surface area contributed by atoms with Crippen molar-refractivity contribution in [2.75, 3.05) is 6.61 Å². The Balaban J connectivity index is 2.69. The fourth-order valence-electron chi connectivity index (χ4n) is 0.627. The molecule has 0 saturated heterocycles. The Morgan fingerprint density at radius 2 is 2.23 bits per heavy atom. The SMILES string of the molecule is CC#CCOc1cc(Cl)nc(Cl)n1. The number of hydrogen-bond acceptors (Lipinski definition) is 3. The molecule has 0 fully saturated rings. The summed E-state index contributed by atoms with van der Waals surface area (Å²) in [5, 5.41) is 0.311. The second kappa shape index (κ2) is 4.90. The van der Waals surface area contributed by atoms with E-state index in [9.17, 15) is 0 Å². The molecule has 3 nitrogen and oxygen atoms in total. The molecular weight excluding hydrogens is 211 g/mol. The first-order valence-corrected chi connectivity index (χ1v) is 4.20. The average Bonchev–Trinajstić information content (AvgIpc) is 2.03. The maximum atomic E-state index is 5.61. The highest BCUT2D eigenvalue weighted by atomic mass is 35.5. The number of nitrogens with zero attached hydrogens (tertiary/aromatic N) is 2. The Bertz CT molecular complexity index is 337. The summed E-state index contributed by atoms with van der Waals surface area (Å²) in [7, 11) is 0. The predicted octanol–water partition coefficient (Wildman–Crippen LogP) is 2.19. The highest BCUT2D eigenvalue weighted by molar-refractivity contribution is 6.31. The van der Waals surface area contributed by atoms with Crippen LogP contribution in [-0.2, 0) is 0 Å². The van der Waals surface area contributed by atoms with Gasteiger partial charge in [0.2, 0.25) is 11.2 Å². The highest BCUT2D eigenvalue weighted by Gasteiger charge is 2.00. The molecule has 0 amide bonds. The number of aromatic nitrogens is 2. The smallest absolute Gasteiger partial charge is 0.227 e. The van der Waals surface area contributed by atoms with Crippen molar-refractivity contribution in [3.63, 3.8) is 0 Å². The van der Waals surface area contributed by atoms with E-state index in [4.69, 9.17) is 27.9 Å². The topological polar surface area (TPSA) is 35.0 Å². The molecule has 0 radical (unpaired) electrons. The van der Waals surface area contributed by atoms with Crippen molar-refractivity contribution in [2.45, 2.75) is 6.92 Å². The summed E-state index contributed by atoms with van der Waals surface area (Å²) >= 11 is 11.2. The molecule has 0 aliphatic carbocycles. The van der Waals surface area contributed by atoms with Crippen molar-refractivity contribution in [3.05, 3.63) is 16.5 Å². The van der Waals surface area contributed by atoms with Gasteiger partial charge in [0.25, 0.3) is 0 Å². The molecule has 1 rings (SSSR count). The van der Waals surface area contributed by atoms with Crippen molar-refractivity contribution in [1.82, 2.24) is 9.97 Å². The van der Waals surface area contributed by atoms with Crippen LogP contribution in [0.4, 0.5) is 0 Å². The summed E-state index contributed by atoms with van der Waals surface area (Å²) in [6.07, 6.45) is 0. The third-order valence-corrected chi connectivity index (χ3v) is 1.48. The molecule has 0 atom stereocenters. The van der Waals surface area contributed by atoms with Gasteiger partial charge in [-0.05, 0) is 18.5 Å². The Morgan fingerprint density at radius 1 is 1.46 bits per heavy atom. The van der Waals surface area contributed by atoms with Gasteiger partial charge in [-0.15, -0.1) is 5.92 Å². The zero-order chi connectivity index (χ0) is 9.68. The van der Waals surface area contributed by atoms with Crippen LogP contribution in [0.3, 0.4) is 0 Å². The Labute approximate surface area is 86.0 Å². The summed E-state index contributed by atoms with van der Waals surface area (Å²) in [6, 6.07) is 1.48. The number of rotatable bonds is 2. The molecule has 0 unspecified atom stereocenters. The van der Waals surface area contributed by atoms with E-state index in [1.165, 1.54) is 6.07 Å². The van der Waals surface area contributed by atoms with Crippen LogP contribution in [0.25, 0.3) is 0 Å². The largest absolute Gasteiger partial charge is 0.464 e. The van der Waals surface area contributed by atoms with Gasteiger partial charge in [0.05, 0.1) is 0 Å². The maximum Gasteiger partial charge on any atom is 0.227 e. The van der Waals surface area contributed by atoms with Gasteiger partial charge in [0, 0.05) is 6.07 Å². The third kappa shape index (κ3) is 3.49. The van der Waals surface area contributed by atoms with Crippen molar-refractivity contribution in [3.8, 4) is 17.7 Å². The van der Waals surface area contributed by atoms with Gasteiger partial charge in [-0.1, -0.05) is 17.5 Å². The molecule has 0 spiro atoms. The molecule has 68 valence electrons. The standard InChI is InChI=1S/C8H6Cl2N2O/c1-2-3-4-13-7-5-6(9)11-8(10)12-7/h5H,4H2,1H3. The zero-order valence-corrected chi connectivity index (χ0v) is 8.35. The van der Waals surface area contributed by atoms with Crippen molar-refractivity contribution < 1.29 is 4.74 Å². The fraction of sp³-hybridized carbons (Fsp3) is 0.250. The lowest BCUT2D eigenvalue weighted by molar-refractivity contribution is 0.354. The van der Waals surface area contributed by atoms with Gasteiger partial charge in [-0.3, -0.25) is 0 Å². The fourth-order valence-corrected chi connectivity index (χ4v) is 1.02. The lowest BCUT2D eigenvalue weighted by Gasteiger charge is -2.00. The van der Waals surface area contributed by atoms with Crippen molar-refractivity contribution >= 4 is 23.2 Å². The zero-order valence-electron chi connectivity index (χ0n) is 6.84. The second-order valence-electron chi connectivity index (χ2n) is 2.01. The molecule has 5 heteroatoms. The quantitative estimate of drug-likeness (QED) is 0.432. The molecule has 0 N–H and O–H groups in total. The first-order chi connectivity index (χ1) is 6.22. The lowest BCUT2D eigenvalue weighted by Crippen LogP contribution is -1.97. The van der Waals surface area contributed by atoms with Gasteiger partial charge >= 0.3 is 0 Å². The monoisotopic (exact) mass is 216 g/mol. The van der Waals surface area contributed by atoms with Crippen LogP contribution in [-0.4, -0.2) is 16.6 Å². The van der Waals surface area contributed by atoms with Crippen molar-refractivity contribution in [2.24, 2.45) is 0 Å². The molecule has 0 aliphatic heterocycles. The Morgan fingerprint density at radius 3 is 2.85 bits per heavy atom. The van der Waals surface area contributed by atoms with E-state index in [1.54, 1.807) is 6.92 Å². The van der Waals surface area contributed by atoms with Crippen molar-refractivity contribution in [1.29, 1.82) is 0 Å². The molecule has 0 aliphatic rings. The third-order valence-electron chi connectivity index (χ3n) is 1.11. The summed E-state index contributed by atoms with van der Waals surface area (Å²) in [4.78, 5) is 7.45. The highest BCUT2D eigenvalue weighted by Crippen LogP contribution is 2.15. The summed E-state index contributed by atoms with van der Waals surface area (Å²) in [5.41, 5.74) is 0. The molecule has 0 aromatic carbocycles. The molecule has 1 aromatic heterocycles. The van der Waals surface area contributed by atoms with E-state index in [1.807, 2.05) is 0 Å². The van der Waals surface area contributed by atoms with Crippen LogP contribution in [0.5, 0.6) is 5.88 Å². The van der Waals surface area contributed by atoms with E-state index in [2.05, 4.69) is 21.8 Å². The summed E-state index contributed by atoms with van der Waals surface area (Å²) < 4.78 is 5.11. The predicted molar refractivity (Wildman–Crippen MR) is 51.0 cm³/mol. The Kier molecular flexibility index (Phi) is 3.81. The Hall–Kier alpha value is -0.980. The van der Waals surface area contributed by atoms with Crippen LogP contribution < -0.4 is 4.74 Å².